The Kier molecular flexibility index (Phi) is 5.89. The summed E-state index contributed by atoms with van der Waals surface area (Å²) in [5.41, 5.74) is 3.39. The van der Waals surface area contributed by atoms with E-state index < -0.39 is 4.92 Å². The van der Waals surface area contributed by atoms with Gasteiger partial charge in [-0.15, -0.1) is 0 Å². The standard InChI is InChI=1S/C18H21N3O3/c1-3-4-14-6-8-15(9-7-14)20-18(22)12-19-17-11-16(21(23)24)10-5-13(17)2/h5-11,19H,3-4,12H2,1-2H3,(H,20,22). The number of aryl methyl sites for hydroxylation is 2. The predicted octanol–water partition coefficient (Wildman–Crippen LogP) is 3.91. The minimum absolute atomic E-state index is 0.00461. The van der Waals surface area contributed by atoms with Crippen molar-refractivity contribution in [3.05, 3.63) is 63.7 Å². The van der Waals surface area contributed by atoms with E-state index >= 15 is 0 Å². The van der Waals surface area contributed by atoms with Gasteiger partial charge in [-0.25, -0.2) is 0 Å². The molecule has 0 saturated heterocycles. The van der Waals surface area contributed by atoms with E-state index in [2.05, 4.69) is 17.6 Å². The molecule has 2 rings (SSSR count). The summed E-state index contributed by atoms with van der Waals surface area (Å²) in [6.45, 7) is 3.99. The first-order chi connectivity index (χ1) is 11.5. The van der Waals surface area contributed by atoms with Crippen LogP contribution in [-0.4, -0.2) is 17.4 Å². The molecule has 0 aliphatic carbocycles. The van der Waals surface area contributed by atoms with Gasteiger partial charge in [-0.2, -0.15) is 0 Å². The Hall–Kier alpha value is -2.89. The molecule has 0 aliphatic heterocycles. The zero-order valence-electron chi connectivity index (χ0n) is 13.8. The molecule has 0 spiro atoms. The molecule has 2 aromatic rings. The van der Waals surface area contributed by atoms with Crippen LogP contribution >= 0.6 is 0 Å². The van der Waals surface area contributed by atoms with E-state index in [9.17, 15) is 14.9 Å². The van der Waals surface area contributed by atoms with Crippen molar-refractivity contribution >= 4 is 23.0 Å². The van der Waals surface area contributed by atoms with Crippen molar-refractivity contribution in [1.29, 1.82) is 0 Å². The lowest BCUT2D eigenvalue weighted by Gasteiger charge is -2.10. The predicted molar refractivity (Wildman–Crippen MR) is 95.4 cm³/mol. The number of amides is 1. The second kappa shape index (κ2) is 8.10. The Labute approximate surface area is 141 Å². The molecule has 6 nitrogen and oxygen atoms in total. The fourth-order valence-electron chi connectivity index (χ4n) is 2.34. The smallest absolute Gasteiger partial charge is 0.271 e. The number of non-ortho nitro benzene ring substituents is 1. The molecular weight excluding hydrogens is 306 g/mol. The van der Waals surface area contributed by atoms with E-state index in [1.54, 1.807) is 6.07 Å². The molecule has 24 heavy (non-hydrogen) atoms. The van der Waals surface area contributed by atoms with Gasteiger partial charge in [0.1, 0.15) is 0 Å². The molecule has 0 aromatic heterocycles. The van der Waals surface area contributed by atoms with Crippen LogP contribution in [0.15, 0.2) is 42.5 Å². The number of anilines is 2. The van der Waals surface area contributed by atoms with Crippen LogP contribution < -0.4 is 10.6 Å². The van der Waals surface area contributed by atoms with Crippen LogP contribution in [-0.2, 0) is 11.2 Å². The topological polar surface area (TPSA) is 84.3 Å². The van der Waals surface area contributed by atoms with Gasteiger partial charge in [0.2, 0.25) is 5.91 Å². The normalized spacial score (nSPS) is 10.2. The van der Waals surface area contributed by atoms with Crippen LogP contribution in [0.4, 0.5) is 17.1 Å². The first kappa shape index (κ1) is 17.5. The molecule has 0 aliphatic rings. The highest BCUT2D eigenvalue weighted by Gasteiger charge is 2.10. The monoisotopic (exact) mass is 327 g/mol. The number of nitro groups is 1. The molecule has 2 N–H and O–H groups in total. The molecule has 1 amide bonds. The van der Waals surface area contributed by atoms with Crippen molar-refractivity contribution in [2.45, 2.75) is 26.7 Å². The largest absolute Gasteiger partial charge is 0.376 e. The van der Waals surface area contributed by atoms with Crippen LogP contribution in [0.25, 0.3) is 0 Å². The van der Waals surface area contributed by atoms with E-state index in [1.807, 2.05) is 31.2 Å². The summed E-state index contributed by atoms with van der Waals surface area (Å²) in [6, 6.07) is 12.3. The Morgan fingerprint density at radius 1 is 1.17 bits per heavy atom. The highest BCUT2D eigenvalue weighted by molar-refractivity contribution is 5.93. The Morgan fingerprint density at radius 3 is 2.50 bits per heavy atom. The van der Waals surface area contributed by atoms with Crippen molar-refractivity contribution in [2.75, 3.05) is 17.2 Å². The fourth-order valence-corrected chi connectivity index (χ4v) is 2.34. The Morgan fingerprint density at radius 2 is 1.88 bits per heavy atom. The third kappa shape index (κ3) is 4.81. The molecule has 0 radical (unpaired) electrons. The first-order valence-electron chi connectivity index (χ1n) is 7.87. The third-order valence-corrected chi connectivity index (χ3v) is 3.65. The number of hydrogen-bond donors (Lipinski definition) is 2. The van der Waals surface area contributed by atoms with Gasteiger partial charge in [-0.1, -0.05) is 31.5 Å². The van der Waals surface area contributed by atoms with Gasteiger partial charge < -0.3 is 10.6 Å². The summed E-state index contributed by atoms with van der Waals surface area (Å²) in [6.07, 6.45) is 2.10. The van der Waals surface area contributed by atoms with E-state index in [0.29, 0.717) is 5.69 Å². The molecule has 0 atom stereocenters. The molecular formula is C18H21N3O3. The maximum Gasteiger partial charge on any atom is 0.271 e. The number of nitrogens with one attached hydrogen (secondary N) is 2. The van der Waals surface area contributed by atoms with E-state index in [0.717, 1.165) is 24.1 Å². The van der Waals surface area contributed by atoms with Crippen LogP contribution in [0.3, 0.4) is 0 Å². The number of carbonyl (C=O) groups is 1. The Bertz CT molecular complexity index is 727. The maximum atomic E-state index is 12.0. The summed E-state index contributed by atoms with van der Waals surface area (Å²) in [5, 5.41) is 16.6. The summed E-state index contributed by atoms with van der Waals surface area (Å²) in [4.78, 5) is 22.4. The number of nitrogens with zero attached hydrogens (tertiary/aromatic N) is 1. The number of nitro benzene ring substituents is 1. The molecule has 0 bridgehead atoms. The van der Waals surface area contributed by atoms with Gasteiger partial charge in [0, 0.05) is 23.5 Å². The zero-order valence-corrected chi connectivity index (χ0v) is 13.8. The fraction of sp³-hybridized carbons (Fsp3) is 0.278. The van der Waals surface area contributed by atoms with Crippen LogP contribution in [0.2, 0.25) is 0 Å². The van der Waals surface area contributed by atoms with Crippen molar-refractivity contribution in [1.82, 2.24) is 0 Å². The summed E-state index contributed by atoms with van der Waals surface area (Å²) in [7, 11) is 0. The molecule has 0 heterocycles. The average molecular weight is 327 g/mol. The van der Waals surface area contributed by atoms with Gasteiger partial charge in [0.25, 0.3) is 5.69 Å². The van der Waals surface area contributed by atoms with Gasteiger partial charge in [0.05, 0.1) is 11.5 Å². The van der Waals surface area contributed by atoms with E-state index in [1.165, 1.54) is 17.7 Å². The Balaban J connectivity index is 1.93. The zero-order chi connectivity index (χ0) is 17.5. The number of rotatable bonds is 7. The maximum absolute atomic E-state index is 12.0. The number of hydrogen-bond acceptors (Lipinski definition) is 4. The lowest BCUT2D eigenvalue weighted by Crippen LogP contribution is -2.22. The first-order valence-corrected chi connectivity index (χ1v) is 7.87. The minimum atomic E-state index is -0.456. The lowest BCUT2D eigenvalue weighted by atomic mass is 10.1. The SMILES string of the molecule is CCCc1ccc(NC(=O)CNc2cc([N+](=O)[O-])ccc2C)cc1. The summed E-state index contributed by atoms with van der Waals surface area (Å²) >= 11 is 0. The average Bonchev–Trinajstić information content (AvgIpc) is 2.56. The van der Waals surface area contributed by atoms with Crippen molar-refractivity contribution in [3.63, 3.8) is 0 Å². The van der Waals surface area contributed by atoms with Gasteiger partial charge in [-0.05, 0) is 36.6 Å². The van der Waals surface area contributed by atoms with Gasteiger partial charge in [0.15, 0.2) is 0 Å². The highest BCUT2D eigenvalue weighted by Crippen LogP contribution is 2.21. The summed E-state index contributed by atoms with van der Waals surface area (Å²) in [5.74, 6) is -0.204. The molecule has 0 saturated carbocycles. The summed E-state index contributed by atoms with van der Waals surface area (Å²) < 4.78 is 0. The quantitative estimate of drug-likeness (QED) is 0.596. The molecule has 6 heteroatoms. The van der Waals surface area contributed by atoms with Crippen LogP contribution in [0, 0.1) is 17.0 Å². The van der Waals surface area contributed by atoms with Crippen molar-refractivity contribution in [3.8, 4) is 0 Å². The number of carbonyl (C=O) groups excluding carboxylic acids is 1. The van der Waals surface area contributed by atoms with Gasteiger partial charge >= 0.3 is 0 Å². The molecule has 0 unspecified atom stereocenters. The third-order valence-electron chi connectivity index (χ3n) is 3.65. The number of benzene rings is 2. The van der Waals surface area contributed by atoms with Crippen LogP contribution in [0.5, 0.6) is 0 Å². The van der Waals surface area contributed by atoms with E-state index in [-0.39, 0.29) is 18.1 Å². The van der Waals surface area contributed by atoms with E-state index in [4.69, 9.17) is 0 Å². The molecule has 0 fully saturated rings. The van der Waals surface area contributed by atoms with Crippen LogP contribution in [0.1, 0.15) is 24.5 Å². The van der Waals surface area contributed by atoms with Crippen molar-refractivity contribution < 1.29 is 9.72 Å². The van der Waals surface area contributed by atoms with Crippen molar-refractivity contribution in [2.24, 2.45) is 0 Å². The minimum Gasteiger partial charge on any atom is -0.376 e. The molecule has 126 valence electrons. The van der Waals surface area contributed by atoms with Gasteiger partial charge in [-0.3, -0.25) is 14.9 Å². The molecule has 2 aromatic carbocycles. The second-order valence-electron chi connectivity index (χ2n) is 5.60. The highest BCUT2D eigenvalue weighted by atomic mass is 16.6. The second-order valence-corrected chi connectivity index (χ2v) is 5.60. The lowest BCUT2D eigenvalue weighted by molar-refractivity contribution is -0.384.